The van der Waals surface area contributed by atoms with E-state index in [0.717, 1.165) is 38.4 Å². The molecule has 9 nitrogen and oxygen atoms in total. The number of nitriles is 1. The van der Waals surface area contributed by atoms with Crippen molar-refractivity contribution in [3.63, 3.8) is 0 Å². The van der Waals surface area contributed by atoms with E-state index in [1.807, 2.05) is 105 Å². The van der Waals surface area contributed by atoms with Gasteiger partial charge in [0.2, 0.25) is 17.7 Å². The first-order chi connectivity index (χ1) is 27.0. The van der Waals surface area contributed by atoms with Gasteiger partial charge in [0.1, 0.15) is 17.5 Å². The van der Waals surface area contributed by atoms with Crippen LogP contribution in [0.4, 0.5) is 0 Å². The summed E-state index contributed by atoms with van der Waals surface area (Å²) in [6.45, 7) is 5.98. The molecule has 5 aromatic rings. The van der Waals surface area contributed by atoms with E-state index in [2.05, 4.69) is 58.1 Å². The quantitative estimate of drug-likeness (QED) is 0.110. The van der Waals surface area contributed by atoms with Crippen LogP contribution in [0.15, 0.2) is 121 Å². The van der Waals surface area contributed by atoms with Crippen molar-refractivity contribution in [2.24, 2.45) is 5.41 Å². The van der Waals surface area contributed by atoms with Gasteiger partial charge in [0.05, 0.1) is 33.0 Å². The zero-order valence-electron chi connectivity index (χ0n) is 31.6. The van der Waals surface area contributed by atoms with Gasteiger partial charge in [-0.25, -0.2) is 4.98 Å². The number of hydrogen-bond acceptors (Lipinski definition) is 8. The van der Waals surface area contributed by atoms with Gasteiger partial charge in [0.25, 0.3) is 0 Å². The van der Waals surface area contributed by atoms with E-state index in [4.69, 9.17) is 0 Å². The van der Waals surface area contributed by atoms with Crippen molar-refractivity contribution in [2.45, 2.75) is 74.3 Å². The number of aryl methyl sites for hydroxylation is 1. The summed E-state index contributed by atoms with van der Waals surface area (Å²) < 4.78 is -1.90. The van der Waals surface area contributed by atoms with Gasteiger partial charge in [-0.1, -0.05) is 115 Å². The van der Waals surface area contributed by atoms with Gasteiger partial charge in [-0.3, -0.25) is 14.4 Å². The molecule has 0 bridgehead atoms. The van der Waals surface area contributed by atoms with E-state index in [1.54, 1.807) is 11.3 Å². The highest BCUT2D eigenvalue weighted by atomic mass is 32.2. The van der Waals surface area contributed by atoms with E-state index in [0.29, 0.717) is 12.8 Å². The molecular formula is C45H45N5O4S2. The van der Waals surface area contributed by atoms with Crippen LogP contribution in [-0.4, -0.2) is 62.2 Å². The molecule has 1 saturated heterocycles. The van der Waals surface area contributed by atoms with Crippen molar-refractivity contribution in [2.75, 3.05) is 6.54 Å². The third-order valence-corrected chi connectivity index (χ3v) is 13.6. The Morgan fingerprint density at radius 1 is 0.929 bits per heavy atom. The summed E-state index contributed by atoms with van der Waals surface area (Å²) in [5.41, 5.74) is 6.44. The van der Waals surface area contributed by atoms with Gasteiger partial charge in [0, 0.05) is 24.3 Å². The number of carbonyl (C=O) groups is 3. The summed E-state index contributed by atoms with van der Waals surface area (Å²) in [6.07, 6.45) is -0.0668. The Labute approximate surface area is 336 Å². The van der Waals surface area contributed by atoms with Crippen molar-refractivity contribution in [1.29, 1.82) is 5.26 Å². The summed E-state index contributed by atoms with van der Waals surface area (Å²) in [4.78, 5) is 49.8. The number of aromatic nitrogens is 1. The summed E-state index contributed by atoms with van der Waals surface area (Å²) >= 11 is 3.11. The average molecular weight is 784 g/mol. The molecule has 1 saturated carbocycles. The predicted molar refractivity (Wildman–Crippen MR) is 220 cm³/mol. The Hall–Kier alpha value is -5.28. The lowest BCUT2D eigenvalue weighted by molar-refractivity contribution is -0.142. The molecule has 2 heterocycles. The van der Waals surface area contributed by atoms with Gasteiger partial charge in [-0.05, 0) is 61.4 Å². The number of thiazole rings is 1. The molecule has 3 N–H and O–H groups in total. The molecule has 0 unspecified atom stereocenters. The highest BCUT2D eigenvalue weighted by Crippen LogP contribution is 2.55. The smallest absolute Gasteiger partial charge is 0.247 e. The van der Waals surface area contributed by atoms with Crippen LogP contribution in [0, 0.1) is 23.7 Å². The SMILES string of the molecule is Cc1ncsc1-c1ccc(CNC(=O)[C@@H]2C[C@@H](O)CN2C(=O)[C@@H](NC(=O)C2(C#N)CC2)C(C)(C)SC(c2ccccc2)(c2ccccc2)c2ccccc2)cc1. The summed E-state index contributed by atoms with van der Waals surface area (Å²) in [6, 6.07) is 38.2. The number of likely N-dealkylation sites (tertiary alicyclic amines) is 1. The maximum absolute atomic E-state index is 15.1. The molecule has 0 spiro atoms. The van der Waals surface area contributed by atoms with E-state index in [1.165, 1.54) is 16.7 Å². The number of hydrogen-bond donors (Lipinski definition) is 3. The summed E-state index contributed by atoms with van der Waals surface area (Å²) in [5.74, 6) is -1.39. The largest absolute Gasteiger partial charge is 0.391 e. The van der Waals surface area contributed by atoms with Crippen LogP contribution < -0.4 is 10.6 Å². The molecule has 2 aliphatic rings. The van der Waals surface area contributed by atoms with Crippen molar-refractivity contribution in [3.05, 3.63) is 149 Å². The van der Waals surface area contributed by atoms with Crippen LogP contribution in [0.2, 0.25) is 0 Å². The number of aliphatic hydroxyl groups excluding tert-OH is 1. The molecule has 286 valence electrons. The second-order valence-corrected chi connectivity index (χ2v) is 17.9. The molecule has 1 aliphatic carbocycles. The minimum Gasteiger partial charge on any atom is -0.391 e. The Morgan fingerprint density at radius 3 is 1.96 bits per heavy atom. The molecule has 1 aliphatic heterocycles. The maximum atomic E-state index is 15.1. The lowest BCUT2D eigenvalue weighted by Crippen LogP contribution is -2.61. The molecule has 2 fully saturated rings. The lowest BCUT2D eigenvalue weighted by Gasteiger charge is -2.45. The Kier molecular flexibility index (Phi) is 11.2. The number of thioether (sulfide) groups is 1. The van der Waals surface area contributed by atoms with Crippen molar-refractivity contribution < 1.29 is 19.5 Å². The normalized spacial score (nSPS) is 18.1. The minimum atomic E-state index is -1.20. The maximum Gasteiger partial charge on any atom is 0.247 e. The molecule has 56 heavy (non-hydrogen) atoms. The summed E-state index contributed by atoms with van der Waals surface area (Å²) in [5, 5.41) is 27.0. The highest BCUT2D eigenvalue weighted by Gasteiger charge is 2.55. The molecule has 3 amide bonds. The highest BCUT2D eigenvalue weighted by molar-refractivity contribution is 8.02. The van der Waals surface area contributed by atoms with Crippen LogP contribution in [0.1, 0.15) is 61.1 Å². The molecule has 11 heteroatoms. The second kappa shape index (κ2) is 16.1. The van der Waals surface area contributed by atoms with Gasteiger partial charge in [0.15, 0.2) is 0 Å². The molecule has 1 aromatic heterocycles. The zero-order chi connectivity index (χ0) is 39.5. The number of aliphatic hydroxyl groups is 1. The van der Waals surface area contributed by atoms with Crippen molar-refractivity contribution in [1.82, 2.24) is 20.5 Å². The first-order valence-electron chi connectivity index (χ1n) is 18.8. The van der Waals surface area contributed by atoms with E-state index < -0.39 is 50.8 Å². The number of nitrogens with zero attached hydrogens (tertiary/aromatic N) is 3. The Bertz CT molecular complexity index is 2120. The van der Waals surface area contributed by atoms with E-state index >= 15 is 4.79 Å². The van der Waals surface area contributed by atoms with Crippen molar-refractivity contribution in [3.8, 4) is 16.5 Å². The first kappa shape index (κ1) is 39.0. The Morgan fingerprint density at radius 2 is 1.48 bits per heavy atom. The third kappa shape index (κ3) is 7.74. The second-order valence-electron chi connectivity index (χ2n) is 15.2. The fourth-order valence-electron chi connectivity index (χ4n) is 7.60. The van der Waals surface area contributed by atoms with Crippen LogP contribution in [0.5, 0.6) is 0 Å². The molecule has 3 atom stereocenters. The minimum absolute atomic E-state index is 0.0551. The molecule has 4 aromatic carbocycles. The number of nitrogens with one attached hydrogen (secondary N) is 2. The molecule has 7 rings (SSSR count). The average Bonchev–Trinajstić information content (AvgIpc) is 3.76. The number of β-amino-alcohol motifs (C(OH)–C–C–N with tert-alkyl or cyclic N) is 1. The van der Waals surface area contributed by atoms with Gasteiger partial charge in [-0.15, -0.1) is 23.1 Å². The van der Waals surface area contributed by atoms with E-state index in [9.17, 15) is 20.0 Å². The van der Waals surface area contributed by atoms with E-state index in [-0.39, 0.29) is 19.5 Å². The number of rotatable bonds is 13. The fraction of sp³-hybridized carbons (Fsp3) is 0.311. The number of carbonyl (C=O) groups excluding carboxylic acids is 3. The Balaban J connectivity index is 1.21. The topological polar surface area (TPSA) is 135 Å². The third-order valence-electron chi connectivity index (χ3n) is 10.9. The van der Waals surface area contributed by atoms with Gasteiger partial charge in [-0.2, -0.15) is 5.26 Å². The van der Waals surface area contributed by atoms with Crippen LogP contribution in [-0.2, 0) is 25.7 Å². The molecular weight excluding hydrogens is 739 g/mol. The number of amides is 3. The zero-order valence-corrected chi connectivity index (χ0v) is 33.3. The van der Waals surface area contributed by atoms with Crippen molar-refractivity contribution >= 4 is 40.8 Å². The lowest BCUT2D eigenvalue weighted by atomic mass is 9.84. The monoisotopic (exact) mass is 783 g/mol. The standard InChI is InChI=1S/C45H45N5O4S2/c1-30-38(55-29-48-30)32-21-19-31(20-22-32)26-47-40(52)37-25-36(51)27-50(37)41(53)39(49-42(54)44(28-46)23-24-44)43(2,3)56-45(33-13-7-4-8-14-33,34-15-9-5-10-16-34)35-17-11-6-12-18-35/h4-22,29,36-37,39,51H,23-27H2,1-3H3,(H,47,52)(H,49,54)/t36-,37+,39-/m1/s1. The summed E-state index contributed by atoms with van der Waals surface area (Å²) in [7, 11) is 0. The predicted octanol–water partition coefficient (Wildman–Crippen LogP) is 6.99. The van der Waals surface area contributed by atoms with Gasteiger partial charge < -0.3 is 20.6 Å². The van der Waals surface area contributed by atoms with Crippen LogP contribution in [0.3, 0.4) is 0 Å². The first-order valence-corrected chi connectivity index (χ1v) is 20.5. The number of benzene rings is 4. The fourth-order valence-corrected chi connectivity index (χ4v) is 10.2. The van der Waals surface area contributed by atoms with Crippen LogP contribution >= 0.6 is 23.1 Å². The van der Waals surface area contributed by atoms with Crippen LogP contribution in [0.25, 0.3) is 10.4 Å². The molecule has 0 radical (unpaired) electrons. The van der Waals surface area contributed by atoms with Gasteiger partial charge >= 0.3 is 0 Å².